The molecule has 1 aliphatic heterocycles. The zero-order chi connectivity index (χ0) is 8.65. The van der Waals surface area contributed by atoms with E-state index in [1.54, 1.807) is 0 Å². The Balaban J connectivity index is 2.17. The summed E-state index contributed by atoms with van der Waals surface area (Å²) in [5.74, 6) is 0. The Morgan fingerprint density at radius 2 is 2.42 bits per heavy atom. The van der Waals surface area contributed by atoms with Crippen LogP contribution < -0.4 is 5.32 Å². The fourth-order valence-electron chi connectivity index (χ4n) is 1.40. The highest BCUT2D eigenvalue weighted by molar-refractivity contribution is 5.20. The molecule has 1 heterocycles. The molecular weight excluding hydrogens is 146 g/mol. The number of nitrogens with one attached hydrogen (secondary N) is 1. The highest BCUT2D eigenvalue weighted by atomic mass is 14.8. The Bertz CT molecular complexity index is 168. The molecule has 0 aliphatic carbocycles. The van der Waals surface area contributed by atoms with Crippen LogP contribution in [0, 0.1) is 0 Å². The topological polar surface area (TPSA) is 12.0 Å². The van der Waals surface area contributed by atoms with Crippen molar-refractivity contribution in [3.8, 4) is 0 Å². The number of allylic oxidation sites excluding steroid dienone is 2. The summed E-state index contributed by atoms with van der Waals surface area (Å²) >= 11 is 0. The normalized spacial score (nSPS) is 19.6. The zero-order valence-corrected chi connectivity index (χ0v) is 7.97. The Morgan fingerprint density at radius 1 is 1.50 bits per heavy atom. The van der Waals surface area contributed by atoms with E-state index in [1.807, 2.05) is 0 Å². The van der Waals surface area contributed by atoms with E-state index in [2.05, 4.69) is 30.6 Å². The van der Waals surface area contributed by atoms with E-state index in [-0.39, 0.29) is 0 Å². The van der Waals surface area contributed by atoms with Gasteiger partial charge in [0.05, 0.1) is 0 Å². The van der Waals surface area contributed by atoms with Crippen molar-refractivity contribution in [1.82, 2.24) is 5.32 Å². The standard InChI is InChI=1S/C11H19N/c1-2-3-4-5-6-11-7-9-12-10-8-11/h6-7,9,12H,2-5,8,10H2,1H3. The van der Waals surface area contributed by atoms with Crippen LogP contribution in [0.4, 0.5) is 0 Å². The molecule has 1 heteroatoms. The molecule has 68 valence electrons. The third-order valence-corrected chi connectivity index (χ3v) is 2.19. The van der Waals surface area contributed by atoms with Gasteiger partial charge in [0.2, 0.25) is 0 Å². The monoisotopic (exact) mass is 165 g/mol. The number of rotatable bonds is 4. The van der Waals surface area contributed by atoms with Crippen LogP contribution in [0.2, 0.25) is 0 Å². The van der Waals surface area contributed by atoms with Crippen molar-refractivity contribution in [2.45, 2.75) is 39.0 Å². The van der Waals surface area contributed by atoms with Crippen LogP contribution in [0.3, 0.4) is 0 Å². The Morgan fingerprint density at radius 3 is 3.08 bits per heavy atom. The molecule has 12 heavy (non-hydrogen) atoms. The molecule has 0 fully saturated rings. The van der Waals surface area contributed by atoms with Gasteiger partial charge in [-0.05, 0) is 37.1 Å². The molecule has 1 nitrogen and oxygen atoms in total. The lowest BCUT2D eigenvalue weighted by molar-refractivity contribution is 0.723. The lowest BCUT2D eigenvalue weighted by Crippen LogP contribution is -2.11. The minimum Gasteiger partial charge on any atom is -0.391 e. The van der Waals surface area contributed by atoms with Gasteiger partial charge in [0, 0.05) is 6.54 Å². The van der Waals surface area contributed by atoms with E-state index < -0.39 is 0 Å². The first-order valence-electron chi connectivity index (χ1n) is 5.02. The largest absolute Gasteiger partial charge is 0.391 e. The van der Waals surface area contributed by atoms with Crippen LogP contribution in [-0.4, -0.2) is 6.54 Å². The maximum absolute atomic E-state index is 3.19. The van der Waals surface area contributed by atoms with Gasteiger partial charge in [-0.2, -0.15) is 0 Å². The van der Waals surface area contributed by atoms with Crippen molar-refractivity contribution in [2.75, 3.05) is 6.54 Å². The maximum Gasteiger partial charge on any atom is 0.0181 e. The molecule has 0 atom stereocenters. The van der Waals surface area contributed by atoms with Crippen LogP contribution in [-0.2, 0) is 0 Å². The second-order valence-corrected chi connectivity index (χ2v) is 3.31. The number of hydrogen-bond donors (Lipinski definition) is 1. The third-order valence-electron chi connectivity index (χ3n) is 2.19. The minimum absolute atomic E-state index is 1.11. The number of unbranched alkanes of at least 4 members (excludes halogenated alkanes) is 3. The average molecular weight is 165 g/mol. The van der Waals surface area contributed by atoms with Gasteiger partial charge >= 0.3 is 0 Å². The molecule has 0 saturated heterocycles. The highest BCUT2D eigenvalue weighted by Gasteiger charge is 1.96. The van der Waals surface area contributed by atoms with Crippen molar-refractivity contribution in [3.63, 3.8) is 0 Å². The third kappa shape index (κ3) is 3.61. The smallest absolute Gasteiger partial charge is 0.0181 e. The first kappa shape index (κ1) is 9.37. The summed E-state index contributed by atoms with van der Waals surface area (Å²) in [5, 5.41) is 3.19. The molecule has 1 aliphatic rings. The molecule has 0 radical (unpaired) electrons. The quantitative estimate of drug-likeness (QED) is 0.631. The minimum atomic E-state index is 1.11. The molecule has 0 aromatic heterocycles. The molecule has 0 bridgehead atoms. The molecule has 0 aromatic carbocycles. The summed E-state index contributed by atoms with van der Waals surface area (Å²) in [6.45, 7) is 3.35. The number of hydrogen-bond acceptors (Lipinski definition) is 1. The molecule has 1 rings (SSSR count). The Kier molecular flexibility index (Phi) is 4.58. The van der Waals surface area contributed by atoms with Gasteiger partial charge in [0.15, 0.2) is 0 Å². The first-order chi connectivity index (χ1) is 5.93. The van der Waals surface area contributed by atoms with Gasteiger partial charge in [0.25, 0.3) is 0 Å². The second-order valence-electron chi connectivity index (χ2n) is 3.31. The van der Waals surface area contributed by atoms with Crippen LogP contribution in [0.25, 0.3) is 0 Å². The zero-order valence-electron chi connectivity index (χ0n) is 7.97. The van der Waals surface area contributed by atoms with Gasteiger partial charge in [0.1, 0.15) is 0 Å². The molecule has 1 N–H and O–H groups in total. The first-order valence-corrected chi connectivity index (χ1v) is 5.02. The van der Waals surface area contributed by atoms with E-state index in [0.29, 0.717) is 0 Å². The van der Waals surface area contributed by atoms with Gasteiger partial charge in [-0.25, -0.2) is 0 Å². The van der Waals surface area contributed by atoms with Gasteiger partial charge < -0.3 is 5.32 Å². The van der Waals surface area contributed by atoms with Gasteiger partial charge in [-0.3, -0.25) is 0 Å². The highest BCUT2D eigenvalue weighted by Crippen LogP contribution is 2.09. The fraction of sp³-hybridized carbons (Fsp3) is 0.636. The van der Waals surface area contributed by atoms with Gasteiger partial charge in [-0.1, -0.05) is 25.8 Å². The van der Waals surface area contributed by atoms with Crippen LogP contribution in [0.5, 0.6) is 0 Å². The predicted octanol–water partition coefficient (Wildman–Crippen LogP) is 3.00. The molecule has 0 amide bonds. The predicted molar refractivity (Wildman–Crippen MR) is 54.0 cm³/mol. The molecular formula is C11H19N. The average Bonchev–Trinajstić information content (AvgIpc) is 2.14. The molecule has 0 spiro atoms. The van der Waals surface area contributed by atoms with Crippen LogP contribution >= 0.6 is 0 Å². The lowest BCUT2D eigenvalue weighted by Gasteiger charge is -2.08. The molecule has 0 aromatic rings. The van der Waals surface area contributed by atoms with Crippen molar-refractivity contribution >= 4 is 0 Å². The SMILES string of the molecule is CCCCCC=C1C=CNCC1. The summed E-state index contributed by atoms with van der Waals surface area (Å²) < 4.78 is 0. The second kappa shape index (κ2) is 5.87. The Hall–Kier alpha value is -0.720. The summed E-state index contributed by atoms with van der Waals surface area (Å²) in [6.07, 6.45) is 13.1. The van der Waals surface area contributed by atoms with Gasteiger partial charge in [-0.15, -0.1) is 0 Å². The van der Waals surface area contributed by atoms with Crippen molar-refractivity contribution in [3.05, 3.63) is 23.9 Å². The summed E-state index contributed by atoms with van der Waals surface area (Å²) in [6, 6.07) is 0. The molecule has 0 unspecified atom stereocenters. The summed E-state index contributed by atoms with van der Waals surface area (Å²) in [7, 11) is 0. The van der Waals surface area contributed by atoms with E-state index in [4.69, 9.17) is 0 Å². The van der Waals surface area contributed by atoms with Crippen LogP contribution in [0.15, 0.2) is 23.9 Å². The maximum atomic E-state index is 3.19. The van der Waals surface area contributed by atoms with Crippen molar-refractivity contribution in [2.24, 2.45) is 0 Å². The van der Waals surface area contributed by atoms with Crippen LogP contribution in [0.1, 0.15) is 39.0 Å². The Labute approximate surface area is 75.6 Å². The van der Waals surface area contributed by atoms with Crippen molar-refractivity contribution in [1.29, 1.82) is 0 Å². The van der Waals surface area contributed by atoms with E-state index in [9.17, 15) is 0 Å². The molecule has 0 saturated carbocycles. The summed E-state index contributed by atoms with van der Waals surface area (Å²) in [5.41, 5.74) is 1.50. The van der Waals surface area contributed by atoms with E-state index in [0.717, 1.165) is 6.54 Å². The fourth-order valence-corrected chi connectivity index (χ4v) is 1.40. The van der Waals surface area contributed by atoms with Crippen molar-refractivity contribution < 1.29 is 0 Å². The lowest BCUT2D eigenvalue weighted by atomic mass is 10.1. The summed E-state index contributed by atoms with van der Waals surface area (Å²) in [4.78, 5) is 0. The van der Waals surface area contributed by atoms with E-state index >= 15 is 0 Å². The van der Waals surface area contributed by atoms with E-state index in [1.165, 1.54) is 37.7 Å².